The SMILES string of the molecule is CCCN(CCOCCN)C1CCNC1.Cl.Cl. The molecule has 1 fully saturated rings. The van der Waals surface area contributed by atoms with Gasteiger partial charge in [0.25, 0.3) is 0 Å². The Morgan fingerprint density at radius 1 is 1.29 bits per heavy atom. The molecule has 1 rings (SSSR count). The average Bonchev–Trinajstić information content (AvgIpc) is 2.76. The maximum absolute atomic E-state index is 5.43. The number of hydrogen-bond acceptors (Lipinski definition) is 4. The summed E-state index contributed by atoms with van der Waals surface area (Å²) < 4.78 is 5.43. The van der Waals surface area contributed by atoms with Crippen LogP contribution in [-0.4, -0.2) is 56.9 Å². The van der Waals surface area contributed by atoms with Crippen molar-refractivity contribution < 1.29 is 4.74 Å². The van der Waals surface area contributed by atoms with Crippen LogP contribution >= 0.6 is 24.8 Å². The number of hydrogen-bond donors (Lipinski definition) is 2. The van der Waals surface area contributed by atoms with E-state index in [0.717, 1.165) is 26.2 Å². The third-order valence-electron chi connectivity index (χ3n) is 2.85. The molecule has 0 spiro atoms. The first-order chi connectivity index (χ1) is 7.38. The van der Waals surface area contributed by atoms with Crippen molar-refractivity contribution in [3.63, 3.8) is 0 Å². The highest BCUT2D eigenvalue weighted by atomic mass is 35.5. The monoisotopic (exact) mass is 287 g/mol. The first-order valence-electron chi connectivity index (χ1n) is 6.11. The molecule has 1 unspecified atom stereocenters. The van der Waals surface area contributed by atoms with Gasteiger partial charge in [-0.05, 0) is 25.9 Å². The quantitative estimate of drug-likeness (QED) is 0.651. The van der Waals surface area contributed by atoms with Gasteiger partial charge in [0.05, 0.1) is 13.2 Å². The van der Waals surface area contributed by atoms with Crippen molar-refractivity contribution >= 4 is 24.8 Å². The lowest BCUT2D eigenvalue weighted by atomic mass is 10.2. The summed E-state index contributed by atoms with van der Waals surface area (Å²) in [6.07, 6.45) is 2.49. The Labute approximate surface area is 117 Å². The molecule has 0 aromatic carbocycles. The van der Waals surface area contributed by atoms with Crippen molar-refractivity contribution in [1.29, 1.82) is 0 Å². The molecule has 17 heavy (non-hydrogen) atoms. The lowest BCUT2D eigenvalue weighted by molar-refractivity contribution is 0.0941. The first-order valence-corrected chi connectivity index (χ1v) is 6.11. The van der Waals surface area contributed by atoms with Crippen molar-refractivity contribution in [2.24, 2.45) is 5.73 Å². The third kappa shape index (κ3) is 8.19. The summed E-state index contributed by atoms with van der Waals surface area (Å²) in [5.41, 5.74) is 5.38. The molecule has 0 aromatic rings. The van der Waals surface area contributed by atoms with Crippen molar-refractivity contribution in [2.75, 3.05) is 45.9 Å². The molecular formula is C11H27Cl2N3O. The van der Waals surface area contributed by atoms with Crippen molar-refractivity contribution in [2.45, 2.75) is 25.8 Å². The summed E-state index contributed by atoms with van der Waals surface area (Å²) in [5.74, 6) is 0. The van der Waals surface area contributed by atoms with Crippen LogP contribution in [0.5, 0.6) is 0 Å². The summed E-state index contributed by atoms with van der Waals surface area (Å²) >= 11 is 0. The van der Waals surface area contributed by atoms with E-state index < -0.39 is 0 Å². The maximum Gasteiger partial charge on any atom is 0.0594 e. The van der Waals surface area contributed by atoms with Gasteiger partial charge in [-0.25, -0.2) is 0 Å². The fraction of sp³-hybridized carbons (Fsp3) is 1.00. The normalized spacial score (nSPS) is 18.9. The number of rotatable bonds is 8. The van der Waals surface area contributed by atoms with Crippen LogP contribution in [0.3, 0.4) is 0 Å². The van der Waals surface area contributed by atoms with E-state index in [1.54, 1.807) is 0 Å². The Bertz CT molecular complexity index is 158. The number of nitrogens with one attached hydrogen (secondary N) is 1. The molecule has 1 aliphatic rings. The largest absolute Gasteiger partial charge is 0.379 e. The van der Waals surface area contributed by atoms with Gasteiger partial charge in [-0.3, -0.25) is 4.90 Å². The molecule has 0 saturated carbocycles. The van der Waals surface area contributed by atoms with Gasteiger partial charge in [-0.15, -0.1) is 24.8 Å². The van der Waals surface area contributed by atoms with E-state index in [-0.39, 0.29) is 24.8 Å². The molecule has 0 aromatic heterocycles. The fourth-order valence-corrected chi connectivity index (χ4v) is 2.08. The topological polar surface area (TPSA) is 50.5 Å². The smallest absolute Gasteiger partial charge is 0.0594 e. The Morgan fingerprint density at radius 3 is 2.59 bits per heavy atom. The summed E-state index contributed by atoms with van der Waals surface area (Å²) in [5, 5.41) is 3.41. The highest BCUT2D eigenvalue weighted by molar-refractivity contribution is 5.85. The standard InChI is InChI=1S/C11H25N3O.2ClH/c1-2-6-14(7-9-15-8-4-12)11-3-5-13-10-11;;/h11,13H,2-10,12H2,1H3;2*1H. The Hall–Kier alpha value is 0.420. The van der Waals surface area contributed by atoms with E-state index in [0.29, 0.717) is 19.2 Å². The van der Waals surface area contributed by atoms with E-state index in [1.807, 2.05) is 0 Å². The van der Waals surface area contributed by atoms with Gasteiger partial charge < -0.3 is 15.8 Å². The maximum atomic E-state index is 5.43. The lowest BCUT2D eigenvalue weighted by Gasteiger charge is -2.27. The van der Waals surface area contributed by atoms with Gasteiger partial charge in [-0.1, -0.05) is 6.92 Å². The zero-order chi connectivity index (χ0) is 10.9. The molecule has 0 bridgehead atoms. The van der Waals surface area contributed by atoms with E-state index in [2.05, 4.69) is 17.1 Å². The molecule has 0 amide bonds. The minimum Gasteiger partial charge on any atom is -0.379 e. The van der Waals surface area contributed by atoms with Gasteiger partial charge >= 0.3 is 0 Å². The zero-order valence-electron chi connectivity index (χ0n) is 10.7. The molecular weight excluding hydrogens is 261 g/mol. The number of ether oxygens (including phenoxy) is 1. The van der Waals surface area contributed by atoms with Crippen LogP contribution in [0, 0.1) is 0 Å². The second-order valence-corrected chi connectivity index (χ2v) is 4.08. The summed E-state index contributed by atoms with van der Waals surface area (Å²) in [6.45, 7) is 8.87. The highest BCUT2D eigenvalue weighted by Gasteiger charge is 2.20. The summed E-state index contributed by atoms with van der Waals surface area (Å²) in [6, 6.07) is 0.714. The van der Waals surface area contributed by atoms with Gasteiger partial charge in [0.2, 0.25) is 0 Å². The number of nitrogens with two attached hydrogens (primary N) is 1. The van der Waals surface area contributed by atoms with Crippen LogP contribution in [0.25, 0.3) is 0 Å². The predicted molar refractivity (Wildman–Crippen MR) is 77.5 cm³/mol. The van der Waals surface area contributed by atoms with Gasteiger partial charge in [-0.2, -0.15) is 0 Å². The molecule has 0 radical (unpaired) electrons. The summed E-state index contributed by atoms with van der Waals surface area (Å²) in [7, 11) is 0. The Kier molecular flexibility index (Phi) is 14.9. The molecule has 1 aliphatic heterocycles. The van der Waals surface area contributed by atoms with Crippen LogP contribution in [0.1, 0.15) is 19.8 Å². The predicted octanol–water partition coefficient (Wildman–Crippen LogP) is 0.879. The van der Waals surface area contributed by atoms with Crippen molar-refractivity contribution in [3.8, 4) is 0 Å². The molecule has 1 atom stereocenters. The van der Waals surface area contributed by atoms with Crippen molar-refractivity contribution in [3.05, 3.63) is 0 Å². The first kappa shape index (κ1) is 19.8. The van der Waals surface area contributed by atoms with E-state index in [9.17, 15) is 0 Å². The molecule has 1 saturated heterocycles. The lowest BCUT2D eigenvalue weighted by Crippen LogP contribution is -2.39. The van der Waals surface area contributed by atoms with Crippen LogP contribution in [-0.2, 0) is 4.74 Å². The van der Waals surface area contributed by atoms with E-state index in [4.69, 9.17) is 10.5 Å². The Morgan fingerprint density at radius 2 is 2.06 bits per heavy atom. The van der Waals surface area contributed by atoms with Crippen LogP contribution < -0.4 is 11.1 Å². The fourth-order valence-electron chi connectivity index (χ4n) is 2.08. The number of nitrogens with zero attached hydrogens (tertiary/aromatic N) is 1. The Balaban J connectivity index is 0. The highest BCUT2D eigenvalue weighted by Crippen LogP contribution is 2.08. The van der Waals surface area contributed by atoms with Gasteiger partial charge in [0.1, 0.15) is 0 Å². The summed E-state index contributed by atoms with van der Waals surface area (Å²) in [4.78, 5) is 2.54. The van der Waals surface area contributed by atoms with Crippen LogP contribution in [0.2, 0.25) is 0 Å². The van der Waals surface area contributed by atoms with Gasteiger partial charge in [0, 0.05) is 25.7 Å². The van der Waals surface area contributed by atoms with Crippen LogP contribution in [0.15, 0.2) is 0 Å². The third-order valence-corrected chi connectivity index (χ3v) is 2.85. The average molecular weight is 288 g/mol. The molecule has 0 aliphatic carbocycles. The second kappa shape index (κ2) is 12.9. The zero-order valence-corrected chi connectivity index (χ0v) is 12.3. The van der Waals surface area contributed by atoms with E-state index in [1.165, 1.54) is 19.4 Å². The molecule has 4 nitrogen and oxygen atoms in total. The molecule has 106 valence electrons. The number of halogens is 2. The molecule has 3 N–H and O–H groups in total. The van der Waals surface area contributed by atoms with Crippen LogP contribution in [0.4, 0.5) is 0 Å². The second-order valence-electron chi connectivity index (χ2n) is 4.08. The van der Waals surface area contributed by atoms with Crippen molar-refractivity contribution in [1.82, 2.24) is 10.2 Å². The minimum atomic E-state index is 0. The molecule has 1 heterocycles. The molecule has 6 heteroatoms. The van der Waals surface area contributed by atoms with Gasteiger partial charge in [0.15, 0.2) is 0 Å². The van der Waals surface area contributed by atoms with E-state index >= 15 is 0 Å². The minimum absolute atomic E-state index is 0.